The predicted octanol–water partition coefficient (Wildman–Crippen LogP) is 3.00. The summed E-state index contributed by atoms with van der Waals surface area (Å²) < 4.78 is 18.7. The molecular weight excluding hydrogens is 183 g/mol. The Morgan fingerprint density at radius 2 is 2.07 bits per heavy atom. The van der Waals surface area contributed by atoms with E-state index in [4.69, 9.17) is 4.42 Å². The van der Waals surface area contributed by atoms with E-state index in [9.17, 15) is 9.18 Å². The van der Waals surface area contributed by atoms with Gasteiger partial charge in [-0.3, -0.25) is 4.79 Å². The molecule has 0 unspecified atom stereocenters. The maximum atomic E-state index is 13.4. The Balaban J connectivity index is 2.98. The van der Waals surface area contributed by atoms with Crippen LogP contribution in [-0.2, 0) is 0 Å². The van der Waals surface area contributed by atoms with Gasteiger partial charge in [-0.2, -0.15) is 0 Å². The normalized spacial score (nSPS) is 10.8. The first-order chi connectivity index (χ1) is 6.65. The van der Waals surface area contributed by atoms with Crippen LogP contribution in [0.2, 0.25) is 0 Å². The number of benzene rings is 1. The van der Waals surface area contributed by atoms with Crippen molar-refractivity contribution in [1.82, 2.24) is 0 Å². The van der Waals surface area contributed by atoms with E-state index < -0.39 is 0 Å². The van der Waals surface area contributed by atoms with Crippen LogP contribution in [0.25, 0.3) is 11.0 Å². The van der Waals surface area contributed by atoms with Crippen molar-refractivity contribution in [3.63, 3.8) is 0 Å². The van der Waals surface area contributed by atoms with Gasteiger partial charge in [0.1, 0.15) is 17.2 Å². The molecule has 2 rings (SSSR count). The van der Waals surface area contributed by atoms with Gasteiger partial charge in [-0.25, -0.2) is 4.39 Å². The van der Waals surface area contributed by atoms with Crippen LogP contribution in [0.1, 0.15) is 21.7 Å². The first kappa shape index (κ1) is 8.94. The van der Waals surface area contributed by atoms with Crippen LogP contribution in [0.4, 0.5) is 4.39 Å². The van der Waals surface area contributed by atoms with Crippen molar-refractivity contribution in [1.29, 1.82) is 0 Å². The number of halogens is 1. The molecule has 0 spiro atoms. The molecule has 0 fully saturated rings. The lowest BCUT2D eigenvalue weighted by Crippen LogP contribution is -1.84. The number of hydrogen-bond donors (Lipinski definition) is 0. The molecule has 3 heteroatoms. The molecule has 0 N–H and O–H groups in total. The van der Waals surface area contributed by atoms with Crippen molar-refractivity contribution < 1.29 is 13.6 Å². The number of rotatable bonds is 1. The Kier molecular flexibility index (Phi) is 1.88. The maximum Gasteiger partial charge on any atom is 0.153 e. The van der Waals surface area contributed by atoms with E-state index >= 15 is 0 Å². The van der Waals surface area contributed by atoms with Crippen LogP contribution < -0.4 is 0 Å². The fourth-order valence-electron chi connectivity index (χ4n) is 1.53. The lowest BCUT2D eigenvalue weighted by atomic mass is 10.1. The molecule has 0 bridgehead atoms. The van der Waals surface area contributed by atoms with E-state index in [1.807, 2.05) is 0 Å². The third-order valence-electron chi connectivity index (χ3n) is 2.42. The van der Waals surface area contributed by atoms with Gasteiger partial charge in [0.05, 0.1) is 10.9 Å². The van der Waals surface area contributed by atoms with Crippen molar-refractivity contribution in [2.24, 2.45) is 0 Å². The summed E-state index contributed by atoms with van der Waals surface area (Å²) in [7, 11) is 0. The molecule has 1 aromatic carbocycles. The highest BCUT2D eigenvalue weighted by Gasteiger charge is 2.14. The van der Waals surface area contributed by atoms with Gasteiger partial charge in [0.15, 0.2) is 6.29 Å². The van der Waals surface area contributed by atoms with Gasteiger partial charge in [-0.05, 0) is 26.0 Å². The van der Waals surface area contributed by atoms with E-state index in [1.165, 1.54) is 12.1 Å². The minimum absolute atomic E-state index is 0.343. The highest BCUT2D eigenvalue weighted by molar-refractivity contribution is 5.96. The van der Waals surface area contributed by atoms with Gasteiger partial charge in [0, 0.05) is 5.56 Å². The molecule has 0 aliphatic heterocycles. The molecule has 0 saturated carbocycles. The molecule has 72 valence electrons. The molecule has 2 nitrogen and oxygen atoms in total. The third kappa shape index (κ3) is 1.05. The average Bonchev–Trinajstić information content (AvgIpc) is 2.45. The summed E-state index contributed by atoms with van der Waals surface area (Å²) in [6.45, 7) is 3.53. The maximum absolute atomic E-state index is 13.4. The molecule has 14 heavy (non-hydrogen) atoms. The summed E-state index contributed by atoms with van der Waals surface area (Å²) in [5, 5.41) is 0.409. The average molecular weight is 192 g/mol. The summed E-state index contributed by atoms with van der Waals surface area (Å²) in [4.78, 5) is 10.7. The van der Waals surface area contributed by atoms with Crippen LogP contribution in [0.3, 0.4) is 0 Å². The number of carbonyl (C=O) groups excluding carboxylic acids is 1. The molecular formula is C11H9FO2. The summed E-state index contributed by atoms with van der Waals surface area (Å²) >= 11 is 0. The van der Waals surface area contributed by atoms with Crippen molar-refractivity contribution >= 4 is 17.3 Å². The number of aryl methyl sites for hydroxylation is 2. The zero-order valence-corrected chi connectivity index (χ0v) is 7.93. The van der Waals surface area contributed by atoms with Gasteiger partial charge in [0.2, 0.25) is 0 Å². The summed E-state index contributed by atoms with van der Waals surface area (Å²) in [6, 6.07) is 2.71. The number of furan rings is 1. The highest BCUT2D eigenvalue weighted by atomic mass is 19.1. The van der Waals surface area contributed by atoms with Crippen molar-refractivity contribution in [2.75, 3.05) is 0 Å². The molecule has 1 aromatic heterocycles. The van der Waals surface area contributed by atoms with Gasteiger partial charge in [-0.1, -0.05) is 0 Å². The van der Waals surface area contributed by atoms with Crippen molar-refractivity contribution in [3.05, 3.63) is 34.8 Å². The van der Waals surface area contributed by atoms with Crippen LogP contribution in [0.15, 0.2) is 16.5 Å². The summed E-state index contributed by atoms with van der Waals surface area (Å²) in [5.41, 5.74) is 1.48. The lowest BCUT2D eigenvalue weighted by molar-refractivity contribution is 0.112. The fourth-order valence-corrected chi connectivity index (χ4v) is 1.53. The van der Waals surface area contributed by atoms with E-state index in [1.54, 1.807) is 13.8 Å². The molecule has 2 aromatic rings. The fraction of sp³-hybridized carbons (Fsp3) is 0.182. The summed E-state index contributed by atoms with van der Waals surface area (Å²) in [5.74, 6) is 0.299. The lowest BCUT2D eigenvalue weighted by Gasteiger charge is -1.94. The second-order valence-corrected chi connectivity index (χ2v) is 3.24. The van der Waals surface area contributed by atoms with Gasteiger partial charge in [-0.15, -0.1) is 0 Å². The second-order valence-electron chi connectivity index (χ2n) is 3.24. The van der Waals surface area contributed by atoms with E-state index in [0.717, 1.165) is 5.56 Å². The van der Waals surface area contributed by atoms with Crippen molar-refractivity contribution in [2.45, 2.75) is 13.8 Å². The zero-order valence-electron chi connectivity index (χ0n) is 7.93. The Labute approximate surface area is 80.3 Å². The monoisotopic (exact) mass is 192 g/mol. The smallest absolute Gasteiger partial charge is 0.153 e. The first-order valence-corrected chi connectivity index (χ1v) is 4.28. The quantitative estimate of drug-likeness (QED) is 0.650. The number of carbonyl (C=O) groups is 1. The van der Waals surface area contributed by atoms with E-state index in [0.29, 0.717) is 28.6 Å². The van der Waals surface area contributed by atoms with E-state index in [-0.39, 0.29) is 5.82 Å². The summed E-state index contributed by atoms with van der Waals surface area (Å²) in [6.07, 6.45) is 0.671. The zero-order chi connectivity index (χ0) is 10.3. The SMILES string of the molecule is Cc1oc2c(C=O)ccc(F)c2c1C. The largest absolute Gasteiger partial charge is 0.460 e. The third-order valence-corrected chi connectivity index (χ3v) is 2.42. The Hall–Kier alpha value is -1.64. The second kappa shape index (κ2) is 2.94. The molecule has 1 heterocycles. The predicted molar refractivity (Wildman–Crippen MR) is 51.0 cm³/mol. The Morgan fingerprint density at radius 3 is 2.71 bits per heavy atom. The first-order valence-electron chi connectivity index (χ1n) is 4.28. The van der Waals surface area contributed by atoms with Crippen molar-refractivity contribution in [3.8, 4) is 0 Å². The molecule has 0 amide bonds. The topological polar surface area (TPSA) is 30.2 Å². The Bertz CT molecular complexity index is 511. The van der Waals surface area contributed by atoms with Crippen LogP contribution in [0, 0.1) is 19.7 Å². The number of aldehydes is 1. The standard InChI is InChI=1S/C11H9FO2/c1-6-7(2)14-11-8(5-13)3-4-9(12)10(6)11/h3-5H,1-2H3. The number of hydrogen-bond acceptors (Lipinski definition) is 2. The highest BCUT2D eigenvalue weighted by Crippen LogP contribution is 2.29. The van der Waals surface area contributed by atoms with Gasteiger partial charge in [0.25, 0.3) is 0 Å². The minimum atomic E-state index is -0.347. The molecule has 0 aliphatic carbocycles. The van der Waals surface area contributed by atoms with Crippen LogP contribution in [0.5, 0.6) is 0 Å². The van der Waals surface area contributed by atoms with Gasteiger partial charge >= 0.3 is 0 Å². The van der Waals surface area contributed by atoms with Crippen LogP contribution in [-0.4, -0.2) is 6.29 Å². The molecule has 0 atom stereocenters. The molecule has 0 aliphatic rings. The molecule has 0 saturated heterocycles. The number of fused-ring (bicyclic) bond motifs is 1. The van der Waals surface area contributed by atoms with E-state index in [2.05, 4.69) is 0 Å². The van der Waals surface area contributed by atoms with Crippen LogP contribution >= 0.6 is 0 Å². The Morgan fingerprint density at radius 1 is 1.36 bits per heavy atom. The van der Waals surface area contributed by atoms with Gasteiger partial charge < -0.3 is 4.42 Å². The minimum Gasteiger partial charge on any atom is -0.460 e. The molecule has 0 radical (unpaired) electrons.